The van der Waals surface area contributed by atoms with Crippen LogP contribution in [0.5, 0.6) is 0 Å². The molecule has 0 aliphatic heterocycles. The highest BCUT2D eigenvalue weighted by atomic mass is 16.2. The van der Waals surface area contributed by atoms with Gasteiger partial charge in [0.25, 0.3) is 0 Å². The fourth-order valence-electron chi connectivity index (χ4n) is 3.05. The number of hydrogen-bond acceptors (Lipinski definition) is 2. The molecule has 4 nitrogen and oxygen atoms in total. The lowest BCUT2D eigenvalue weighted by molar-refractivity contribution is -0.117. The van der Waals surface area contributed by atoms with Gasteiger partial charge in [0.15, 0.2) is 0 Å². The van der Waals surface area contributed by atoms with Crippen molar-refractivity contribution in [1.29, 1.82) is 0 Å². The average molecular weight is 352 g/mol. The Labute approximate surface area is 156 Å². The van der Waals surface area contributed by atoms with Gasteiger partial charge in [-0.2, -0.15) is 0 Å². The quantitative estimate of drug-likeness (QED) is 0.811. The molecule has 0 saturated heterocycles. The largest absolute Gasteiger partial charge is 0.326 e. The molecule has 2 aromatic carbocycles. The number of para-hydroxylation sites is 1. The molecule has 0 aromatic heterocycles. The molecule has 0 aliphatic rings. The maximum atomic E-state index is 12.3. The third-order valence-corrected chi connectivity index (χ3v) is 4.51. The predicted octanol–water partition coefficient (Wildman–Crippen LogP) is 4.81. The monoisotopic (exact) mass is 352 g/mol. The molecule has 0 heterocycles. The first-order valence-corrected chi connectivity index (χ1v) is 9.03. The highest BCUT2D eigenvalue weighted by molar-refractivity contribution is 5.95. The fraction of sp³-hybridized carbons (Fsp3) is 0.364. The minimum Gasteiger partial charge on any atom is -0.326 e. The molecule has 26 heavy (non-hydrogen) atoms. The SMILES string of the molecule is CC(=O)N(CCC(=O)Nc1ccc(C(C)C)cc1)c1c(C)cccc1C. The van der Waals surface area contributed by atoms with Crippen molar-refractivity contribution in [3.8, 4) is 0 Å². The van der Waals surface area contributed by atoms with Gasteiger partial charge in [0, 0.05) is 31.3 Å². The smallest absolute Gasteiger partial charge is 0.226 e. The van der Waals surface area contributed by atoms with E-state index in [1.54, 1.807) is 4.90 Å². The number of hydrogen-bond donors (Lipinski definition) is 1. The van der Waals surface area contributed by atoms with E-state index in [0.29, 0.717) is 12.5 Å². The molecular formula is C22H28N2O2. The Hall–Kier alpha value is -2.62. The van der Waals surface area contributed by atoms with Crippen LogP contribution in [0.15, 0.2) is 42.5 Å². The van der Waals surface area contributed by atoms with Crippen LogP contribution < -0.4 is 10.2 Å². The molecule has 0 radical (unpaired) electrons. The van der Waals surface area contributed by atoms with E-state index in [1.165, 1.54) is 12.5 Å². The van der Waals surface area contributed by atoms with E-state index >= 15 is 0 Å². The normalized spacial score (nSPS) is 10.7. The molecule has 0 bridgehead atoms. The van der Waals surface area contributed by atoms with Gasteiger partial charge in [-0.15, -0.1) is 0 Å². The number of nitrogens with zero attached hydrogens (tertiary/aromatic N) is 1. The van der Waals surface area contributed by atoms with Crippen molar-refractivity contribution >= 4 is 23.2 Å². The van der Waals surface area contributed by atoms with E-state index in [-0.39, 0.29) is 18.2 Å². The van der Waals surface area contributed by atoms with Crippen LogP contribution in [0, 0.1) is 13.8 Å². The van der Waals surface area contributed by atoms with E-state index in [1.807, 2.05) is 56.3 Å². The molecule has 0 fully saturated rings. The second-order valence-corrected chi connectivity index (χ2v) is 6.99. The summed E-state index contributed by atoms with van der Waals surface area (Å²) in [6, 6.07) is 13.8. The van der Waals surface area contributed by atoms with E-state index in [9.17, 15) is 9.59 Å². The zero-order valence-electron chi connectivity index (χ0n) is 16.3. The molecule has 0 unspecified atom stereocenters. The zero-order valence-corrected chi connectivity index (χ0v) is 16.3. The summed E-state index contributed by atoms with van der Waals surface area (Å²) in [4.78, 5) is 26.1. The van der Waals surface area contributed by atoms with E-state index in [0.717, 1.165) is 22.5 Å². The number of anilines is 2. The summed E-state index contributed by atoms with van der Waals surface area (Å²) in [5.74, 6) is 0.303. The third-order valence-electron chi connectivity index (χ3n) is 4.51. The first-order valence-electron chi connectivity index (χ1n) is 9.03. The van der Waals surface area contributed by atoms with Crippen LogP contribution in [0.2, 0.25) is 0 Å². The Kier molecular flexibility index (Phi) is 6.56. The molecule has 2 aromatic rings. The molecule has 0 aliphatic carbocycles. The molecular weight excluding hydrogens is 324 g/mol. The minimum atomic E-state index is -0.0974. The Morgan fingerprint density at radius 1 is 1.00 bits per heavy atom. The van der Waals surface area contributed by atoms with Crippen LogP contribution in [0.3, 0.4) is 0 Å². The summed E-state index contributed by atoms with van der Waals surface area (Å²) >= 11 is 0. The highest BCUT2D eigenvalue weighted by Gasteiger charge is 2.17. The van der Waals surface area contributed by atoms with E-state index in [2.05, 4.69) is 19.2 Å². The van der Waals surface area contributed by atoms with Crippen LogP contribution in [0.1, 0.15) is 49.8 Å². The second kappa shape index (κ2) is 8.65. The van der Waals surface area contributed by atoms with Gasteiger partial charge in [-0.3, -0.25) is 9.59 Å². The molecule has 1 N–H and O–H groups in total. The summed E-state index contributed by atoms with van der Waals surface area (Å²) in [6.45, 7) is 10.1. The number of carbonyl (C=O) groups excluding carboxylic acids is 2. The molecule has 138 valence electrons. The standard InChI is InChI=1S/C22H28N2O2/c1-15(2)19-9-11-20(12-10-19)23-21(26)13-14-24(18(5)25)22-16(3)7-6-8-17(22)4/h6-12,15H,13-14H2,1-5H3,(H,23,26). The lowest BCUT2D eigenvalue weighted by atomic mass is 10.0. The van der Waals surface area contributed by atoms with Crippen LogP contribution >= 0.6 is 0 Å². The number of rotatable bonds is 6. The first kappa shape index (κ1) is 19.7. The van der Waals surface area contributed by atoms with Gasteiger partial charge in [-0.05, 0) is 48.6 Å². The highest BCUT2D eigenvalue weighted by Crippen LogP contribution is 2.25. The Balaban J connectivity index is 2.03. The van der Waals surface area contributed by atoms with Crippen LogP contribution in [-0.2, 0) is 9.59 Å². The van der Waals surface area contributed by atoms with Crippen molar-refractivity contribution in [2.75, 3.05) is 16.8 Å². The Bertz CT molecular complexity index is 759. The second-order valence-electron chi connectivity index (χ2n) is 6.99. The summed E-state index contributed by atoms with van der Waals surface area (Å²) in [5, 5.41) is 2.91. The Morgan fingerprint density at radius 3 is 2.08 bits per heavy atom. The topological polar surface area (TPSA) is 49.4 Å². The number of benzene rings is 2. The third kappa shape index (κ3) is 4.94. The first-order chi connectivity index (χ1) is 12.3. The maximum Gasteiger partial charge on any atom is 0.226 e. The van der Waals surface area contributed by atoms with Crippen molar-refractivity contribution in [3.63, 3.8) is 0 Å². The summed E-state index contributed by atoms with van der Waals surface area (Å²) in [6.07, 6.45) is 0.249. The molecule has 2 amide bonds. The molecule has 0 spiro atoms. The summed E-state index contributed by atoms with van der Waals surface area (Å²) in [7, 11) is 0. The van der Waals surface area contributed by atoms with E-state index in [4.69, 9.17) is 0 Å². The maximum absolute atomic E-state index is 12.3. The van der Waals surface area contributed by atoms with Crippen molar-refractivity contribution < 1.29 is 9.59 Å². The van der Waals surface area contributed by atoms with Gasteiger partial charge < -0.3 is 10.2 Å². The fourth-order valence-corrected chi connectivity index (χ4v) is 3.05. The van der Waals surface area contributed by atoms with E-state index < -0.39 is 0 Å². The Morgan fingerprint density at radius 2 is 1.58 bits per heavy atom. The van der Waals surface area contributed by atoms with Crippen LogP contribution in [0.4, 0.5) is 11.4 Å². The number of amides is 2. The lowest BCUT2D eigenvalue weighted by Gasteiger charge is -2.25. The van der Waals surface area contributed by atoms with Gasteiger partial charge in [0.2, 0.25) is 11.8 Å². The van der Waals surface area contributed by atoms with Crippen molar-refractivity contribution in [2.45, 2.75) is 47.0 Å². The van der Waals surface area contributed by atoms with Crippen molar-refractivity contribution in [2.24, 2.45) is 0 Å². The molecule has 0 atom stereocenters. The van der Waals surface area contributed by atoms with Gasteiger partial charge in [0.05, 0.1) is 0 Å². The van der Waals surface area contributed by atoms with Gasteiger partial charge >= 0.3 is 0 Å². The lowest BCUT2D eigenvalue weighted by Crippen LogP contribution is -2.33. The molecule has 2 rings (SSSR count). The van der Waals surface area contributed by atoms with Crippen LogP contribution in [0.25, 0.3) is 0 Å². The minimum absolute atomic E-state index is 0.0588. The van der Waals surface area contributed by atoms with Crippen molar-refractivity contribution in [1.82, 2.24) is 0 Å². The van der Waals surface area contributed by atoms with Gasteiger partial charge in [0.1, 0.15) is 0 Å². The number of carbonyl (C=O) groups is 2. The molecule has 0 saturated carbocycles. The van der Waals surface area contributed by atoms with Gasteiger partial charge in [-0.25, -0.2) is 0 Å². The number of nitrogens with one attached hydrogen (secondary N) is 1. The van der Waals surface area contributed by atoms with Gasteiger partial charge in [-0.1, -0.05) is 44.2 Å². The molecule has 4 heteroatoms. The van der Waals surface area contributed by atoms with Crippen molar-refractivity contribution in [3.05, 3.63) is 59.2 Å². The average Bonchev–Trinajstić information content (AvgIpc) is 2.57. The van der Waals surface area contributed by atoms with Crippen LogP contribution in [-0.4, -0.2) is 18.4 Å². The number of aryl methyl sites for hydroxylation is 2. The summed E-state index contributed by atoms with van der Waals surface area (Å²) < 4.78 is 0. The zero-order chi connectivity index (χ0) is 19.3. The summed E-state index contributed by atoms with van der Waals surface area (Å²) in [5.41, 5.74) is 4.98. The predicted molar refractivity (Wildman–Crippen MR) is 108 cm³/mol.